The number of benzene rings is 1. The largest absolute Gasteiger partial charge is 0.336 e. The number of carbonyl (C=O) groups is 1. The summed E-state index contributed by atoms with van der Waals surface area (Å²) in [5.41, 5.74) is 2.77. The summed E-state index contributed by atoms with van der Waals surface area (Å²) < 4.78 is 0. The fourth-order valence-electron chi connectivity index (χ4n) is 3.33. The summed E-state index contributed by atoms with van der Waals surface area (Å²) >= 11 is 1.53. The minimum Gasteiger partial charge on any atom is -0.336 e. The number of amides is 1. The highest BCUT2D eigenvalue weighted by Gasteiger charge is 2.27. The van der Waals surface area contributed by atoms with Crippen molar-refractivity contribution < 1.29 is 4.79 Å². The first-order valence-electron chi connectivity index (χ1n) is 9.47. The second-order valence-corrected chi connectivity index (χ2v) is 8.06. The van der Waals surface area contributed by atoms with Gasteiger partial charge in [0.25, 0.3) is 5.91 Å². The first-order valence-corrected chi connectivity index (χ1v) is 10.7. The maximum atomic E-state index is 13.2. The zero-order chi connectivity index (χ0) is 19.4. The molecule has 2 aromatic rings. The minimum absolute atomic E-state index is 0.0616. The van der Waals surface area contributed by atoms with Gasteiger partial charge in [0.1, 0.15) is 10.9 Å². The van der Waals surface area contributed by atoms with Gasteiger partial charge >= 0.3 is 0 Å². The van der Waals surface area contributed by atoms with Gasteiger partial charge in [-0.2, -0.15) is 0 Å². The molecule has 1 aromatic heterocycles. The SMILES string of the molecule is CSc1nc(C(C)C)nc(C)c1C(=O)N1CCN(Cc2ccccc2)CC1. The van der Waals surface area contributed by atoms with Gasteiger partial charge in [-0.1, -0.05) is 44.2 Å². The molecule has 0 aliphatic carbocycles. The first kappa shape index (κ1) is 19.8. The maximum absolute atomic E-state index is 13.2. The molecule has 1 aromatic carbocycles. The Bertz CT molecular complexity index is 786. The van der Waals surface area contributed by atoms with E-state index in [4.69, 9.17) is 0 Å². The zero-order valence-corrected chi connectivity index (χ0v) is 17.4. The van der Waals surface area contributed by atoms with Crippen LogP contribution in [0.4, 0.5) is 0 Å². The number of piperazine rings is 1. The molecule has 5 nitrogen and oxygen atoms in total. The van der Waals surface area contributed by atoms with Crippen molar-refractivity contribution in [2.45, 2.75) is 38.3 Å². The quantitative estimate of drug-likeness (QED) is 0.582. The first-order chi connectivity index (χ1) is 13.0. The fourth-order valence-corrected chi connectivity index (χ4v) is 3.95. The van der Waals surface area contributed by atoms with Crippen LogP contribution in [0.15, 0.2) is 35.4 Å². The maximum Gasteiger partial charge on any atom is 0.258 e. The van der Waals surface area contributed by atoms with Gasteiger partial charge in [0.05, 0.1) is 11.3 Å². The highest BCUT2D eigenvalue weighted by Crippen LogP contribution is 2.25. The molecule has 0 N–H and O–H groups in total. The average Bonchev–Trinajstić information content (AvgIpc) is 2.68. The molecule has 1 fully saturated rings. The van der Waals surface area contributed by atoms with Crippen LogP contribution in [0.1, 0.15) is 47.2 Å². The van der Waals surface area contributed by atoms with Crippen molar-refractivity contribution in [3.63, 3.8) is 0 Å². The minimum atomic E-state index is 0.0616. The molecule has 0 atom stereocenters. The molecule has 1 amide bonds. The van der Waals surface area contributed by atoms with E-state index in [1.54, 1.807) is 0 Å². The fraction of sp³-hybridized carbons (Fsp3) is 0.476. The molecule has 1 aliphatic rings. The van der Waals surface area contributed by atoms with Crippen molar-refractivity contribution in [1.82, 2.24) is 19.8 Å². The Morgan fingerprint density at radius 3 is 2.37 bits per heavy atom. The summed E-state index contributed by atoms with van der Waals surface area (Å²) in [4.78, 5) is 26.7. The van der Waals surface area contributed by atoms with Crippen LogP contribution < -0.4 is 0 Å². The summed E-state index contributed by atoms with van der Waals surface area (Å²) in [6.45, 7) is 10.3. The summed E-state index contributed by atoms with van der Waals surface area (Å²) in [6, 6.07) is 10.5. The topological polar surface area (TPSA) is 49.3 Å². The van der Waals surface area contributed by atoms with Crippen molar-refractivity contribution in [2.75, 3.05) is 32.4 Å². The van der Waals surface area contributed by atoms with Crippen LogP contribution in [-0.4, -0.2) is 58.1 Å². The van der Waals surface area contributed by atoms with E-state index in [1.165, 1.54) is 17.3 Å². The second kappa shape index (κ2) is 8.85. The van der Waals surface area contributed by atoms with Gasteiger partial charge in [-0.05, 0) is 18.7 Å². The van der Waals surface area contributed by atoms with Crippen LogP contribution in [0.3, 0.4) is 0 Å². The normalized spacial score (nSPS) is 15.4. The summed E-state index contributed by atoms with van der Waals surface area (Å²) in [6.07, 6.45) is 1.97. The van der Waals surface area contributed by atoms with Gasteiger partial charge in [0.15, 0.2) is 0 Å². The van der Waals surface area contributed by atoms with Crippen molar-refractivity contribution in [1.29, 1.82) is 0 Å². The second-order valence-electron chi connectivity index (χ2n) is 7.26. The highest BCUT2D eigenvalue weighted by atomic mass is 32.2. The highest BCUT2D eigenvalue weighted by molar-refractivity contribution is 7.98. The van der Waals surface area contributed by atoms with E-state index in [1.807, 2.05) is 24.1 Å². The summed E-state index contributed by atoms with van der Waals surface area (Å²) in [7, 11) is 0. The molecular formula is C21H28N4OS. The Kier molecular flexibility index (Phi) is 6.50. The smallest absolute Gasteiger partial charge is 0.258 e. The number of thioether (sulfide) groups is 1. The van der Waals surface area contributed by atoms with Crippen LogP contribution in [0.5, 0.6) is 0 Å². The lowest BCUT2D eigenvalue weighted by molar-refractivity contribution is 0.0622. The van der Waals surface area contributed by atoms with Crippen molar-refractivity contribution in [3.05, 3.63) is 53.0 Å². The van der Waals surface area contributed by atoms with Gasteiger partial charge in [0.2, 0.25) is 0 Å². The molecule has 27 heavy (non-hydrogen) atoms. The third-order valence-corrected chi connectivity index (χ3v) is 5.59. The molecule has 3 rings (SSSR count). The number of hydrogen-bond acceptors (Lipinski definition) is 5. The molecule has 0 spiro atoms. The van der Waals surface area contributed by atoms with Crippen molar-refractivity contribution >= 4 is 17.7 Å². The third-order valence-electron chi connectivity index (χ3n) is 4.91. The number of aromatic nitrogens is 2. The van der Waals surface area contributed by atoms with Gasteiger partial charge < -0.3 is 4.90 Å². The van der Waals surface area contributed by atoms with Crippen LogP contribution in [0.25, 0.3) is 0 Å². The molecule has 0 unspecified atom stereocenters. The van der Waals surface area contributed by atoms with E-state index in [2.05, 4.69) is 53.0 Å². The van der Waals surface area contributed by atoms with E-state index in [9.17, 15) is 4.79 Å². The predicted octanol–water partition coefficient (Wildman–Crippen LogP) is 3.59. The number of rotatable bonds is 5. The molecule has 1 aliphatic heterocycles. The van der Waals surface area contributed by atoms with Gasteiger partial charge in [-0.15, -0.1) is 11.8 Å². The molecule has 0 radical (unpaired) electrons. The van der Waals surface area contributed by atoms with Crippen molar-refractivity contribution in [2.24, 2.45) is 0 Å². The molecular weight excluding hydrogens is 356 g/mol. The van der Waals surface area contributed by atoms with Gasteiger partial charge in [-0.3, -0.25) is 9.69 Å². The Morgan fingerprint density at radius 1 is 1.11 bits per heavy atom. The Hall–Kier alpha value is -1.92. The van der Waals surface area contributed by atoms with Gasteiger partial charge in [0, 0.05) is 38.6 Å². The van der Waals surface area contributed by atoms with Gasteiger partial charge in [-0.25, -0.2) is 9.97 Å². The monoisotopic (exact) mass is 384 g/mol. The van der Waals surface area contributed by atoms with Crippen LogP contribution in [0, 0.1) is 6.92 Å². The van der Waals surface area contributed by atoms with Crippen LogP contribution in [-0.2, 0) is 6.54 Å². The predicted molar refractivity (Wildman–Crippen MR) is 110 cm³/mol. The summed E-state index contributed by atoms with van der Waals surface area (Å²) in [5.74, 6) is 1.12. The average molecular weight is 385 g/mol. The van der Waals surface area contributed by atoms with E-state index in [0.29, 0.717) is 5.56 Å². The summed E-state index contributed by atoms with van der Waals surface area (Å²) in [5, 5.41) is 0.794. The molecule has 2 heterocycles. The molecule has 0 saturated carbocycles. The Labute approximate surface area is 166 Å². The number of aryl methyl sites for hydroxylation is 1. The molecule has 0 bridgehead atoms. The van der Waals surface area contributed by atoms with E-state index < -0.39 is 0 Å². The third kappa shape index (κ3) is 4.68. The number of hydrogen-bond donors (Lipinski definition) is 0. The standard InChI is InChI=1S/C21H28N4OS/c1-15(2)19-22-16(3)18(20(23-19)27-4)21(26)25-12-10-24(11-13-25)14-17-8-6-5-7-9-17/h5-9,15H,10-14H2,1-4H3. The number of nitrogens with zero attached hydrogens (tertiary/aromatic N) is 4. The number of carbonyl (C=O) groups excluding carboxylic acids is 1. The van der Waals surface area contributed by atoms with Crippen LogP contribution in [0.2, 0.25) is 0 Å². The lowest BCUT2D eigenvalue weighted by atomic mass is 10.1. The van der Waals surface area contributed by atoms with E-state index >= 15 is 0 Å². The van der Waals surface area contributed by atoms with E-state index in [-0.39, 0.29) is 11.8 Å². The lowest BCUT2D eigenvalue weighted by Gasteiger charge is -2.35. The molecule has 144 valence electrons. The molecule has 1 saturated heterocycles. The zero-order valence-electron chi connectivity index (χ0n) is 16.6. The molecule has 6 heteroatoms. The van der Waals surface area contributed by atoms with Crippen molar-refractivity contribution in [3.8, 4) is 0 Å². The Morgan fingerprint density at radius 2 is 1.78 bits per heavy atom. The Balaban J connectivity index is 1.69. The van der Waals surface area contributed by atoms with E-state index in [0.717, 1.165) is 49.3 Å². The van der Waals surface area contributed by atoms with Crippen LogP contribution >= 0.6 is 11.8 Å². The lowest BCUT2D eigenvalue weighted by Crippen LogP contribution is -2.48.